The molecule has 194 valence electrons. The summed E-state index contributed by atoms with van der Waals surface area (Å²) >= 11 is 1.54. The minimum Gasteiger partial charge on any atom is -0.491 e. The summed E-state index contributed by atoms with van der Waals surface area (Å²) in [6, 6.07) is 15.9. The quantitative estimate of drug-likeness (QED) is 0.426. The standard InChI is InChI=1S/C29H35N5O2S/c30-21-22-10-11-26-24(19-22)20-27(37-26)34(29(31)35)15-3-2-12-32-13-6-14-33(17-16-32)25-9-5-8-23-7-1-4-18-36-28(23)25/h5,8-11,19-20H,1-4,6-7,12-18H2,(H2,31,35). The molecule has 0 spiro atoms. The fourth-order valence-electron chi connectivity index (χ4n) is 5.38. The molecule has 2 N–H and O–H groups in total. The summed E-state index contributed by atoms with van der Waals surface area (Å²) in [5, 5.41) is 11.0. The molecule has 0 saturated carbocycles. The number of ether oxygens (including phenoxy) is 1. The summed E-state index contributed by atoms with van der Waals surface area (Å²) in [6.45, 7) is 6.59. The Labute approximate surface area is 223 Å². The highest BCUT2D eigenvalue weighted by molar-refractivity contribution is 7.23. The van der Waals surface area contributed by atoms with Gasteiger partial charge < -0.3 is 20.3 Å². The Hall–Kier alpha value is -3.28. The molecule has 3 heterocycles. The van der Waals surface area contributed by atoms with Gasteiger partial charge in [0.2, 0.25) is 0 Å². The summed E-state index contributed by atoms with van der Waals surface area (Å²) in [6.07, 6.45) is 6.46. The SMILES string of the molecule is N#Cc1ccc2sc(N(CCCCN3CCCN(c4cccc5c4OCCCC5)CC3)C(N)=O)cc2c1. The molecule has 1 aromatic heterocycles. The maximum atomic E-state index is 12.2. The average Bonchev–Trinajstić information content (AvgIpc) is 3.04. The van der Waals surface area contributed by atoms with Gasteiger partial charge in [0.05, 0.1) is 23.9 Å². The van der Waals surface area contributed by atoms with Gasteiger partial charge in [0, 0.05) is 30.9 Å². The number of nitrogens with zero attached hydrogens (tertiary/aromatic N) is 4. The number of carbonyl (C=O) groups excluding carboxylic acids is 1. The van der Waals surface area contributed by atoms with Crippen LogP contribution < -0.4 is 20.3 Å². The second kappa shape index (κ2) is 11.8. The third-order valence-electron chi connectivity index (χ3n) is 7.36. The van der Waals surface area contributed by atoms with Crippen LogP contribution >= 0.6 is 11.3 Å². The number of benzene rings is 2. The van der Waals surface area contributed by atoms with E-state index in [2.05, 4.69) is 34.1 Å². The molecule has 1 fully saturated rings. The zero-order valence-corrected chi connectivity index (χ0v) is 22.1. The molecule has 0 aliphatic carbocycles. The molecule has 1 saturated heterocycles. The topological polar surface area (TPSA) is 85.8 Å². The first-order chi connectivity index (χ1) is 18.1. The molecule has 2 aliphatic rings. The molecule has 2 aromatic carbocycles. The number of unbranched alkanes of at least 4 members (excludes halogenated alkanes) is 1. The number of nitriles is 1. The van der Waals surface area contributed by atoms with Gasteiger partial charge in [-0.15, -0.1) is 11.3 Å². The monoisotopic (exact) mass is 517 g/mol. The first-order valence-electron chi connectivity index (χ1n) is 13.3. The van der Waals surface area contributed by atoms with Crippen LogP contribution in [0.4, 0.5) is 15.5 Å². The summed E-state index contributed by atoms with van der Waals surface area (Å²) in [5.74, 6) is 1.10. The number of amides is 2. The normalized spacial score (nSPS) is 16.4. The molecule has 5 rings (SSSR count). The minimum absolute atomic E-state index is 0.429. The maximum absolute atomic E-state index is 12.2. The lowest BCUT2D eigenvalue weighted by atomic mass is 10.1. The second-order valence-electron chi connectivity index (χ2n) is 9.90. The van der Waals surface area contributed by atoms with Crippen molar-refractivity contribution >= 4 is 38.1 Å². The number of urea groups is 1. The highest BCUT2D eigenvalue weighted by Crippen LogP contribution is 2.36. The van der Waals surface area contributed by atoms with E-state index in [1.807, 2.05) is 18.2 Å². The lowest BCUT2D eigenvalue weighted by Gasteiger charge is -2.26. The zero-order valence-electron chi connectivity index (χ0n) is 21.3. The average molecular weight is 518 g/mol. The van der Waals surface area contributed by atoms with Gasteiger partial charge in [0.1, 0.15) is 10.8 Å². The molecule has 2 aliphatic heterocycles. The van der Waals surface area contributed by atoms with E-state index < -0.39 is 6.03 Å². The number of carbonyl (C=O) groups is 1. The summed E-state index contributed by atoms with van der Waals surface area (Å²) < 4.78 is 7.23. The lowest BCUT2D eigenvalue weighted by Crippen LogP contribution is -2.36. The number of hydrogen-bond acceptors (Lipinski definition) is 6. The highest BCUT2D eigenvalue weighted by atomic mass is 32.1. The number of primary amides is 1. The van der Waals surface area contributed by atoms with E-state index in [4.69, 9.17) is 15.7 Å². The number of thiophene rings is 1. The van der Waals surface area contributed by atoms with Crippen molar-refractivity contribution in [3.05, 3.63) is 53.6 Å². The van der Waals surface area contributed by atoms with Crippen LogP contribution in [0.1, 0.15) is 43.2 Å². The van der Waals surface area contributed by atoms with Crippen LogP contribution in [0.3, 0.4) is 0 Å². The van der Waals surface area contributed by atoms with Crippen molar-refractivity contribution in [2.45, 2.75) is 38.5 Å². The molecule has 0 bridgehead atoms. The number of hydrogen-bond donors (Lipinski definition) is 1. The van der Waals surface area contributed by atoms with Crippen LogP contribution in [0.25, 0.3) is 10.1 Å². The number of fused-ring (bicyclic) bond motifs is 2. The van der Waals surface area contributed by atoms with E-state index in [0.717, 1.165) is 92.3 Å². The molecule has 0 atom stereocenters. The summed E-state index contributed by atoms with van der Waals surface area (Å²) in [4.78, 5) is 18.9. The van der Waals surface area contributed by atoms with E-state index >= 15 is 0 Å². The fraction of sp³-hybridized carbons (Fsp3) is 0.448. The van der Waals surface area contributed by atoms with E-state index in [-0.39, 0.29) is 0 Å². The number of nitrogens with two attached hydrogens (primary N) is 1. The Balaban J connectivity index is 1.14. The van der Waals surface area contributed by atoms with Gasteiger partial charge >= 0.3 is 6.03 Å². The van der Waals surface area contributed by atoms with Crippen molar-refractivity contribution in [2.75, 3.05) is 55.7 Å². The van der Waals surface area contributed by atoms with Crippen molar-refractivity contribution in [1.82, 2.24) is 4.90 Å². The molecule has 8 heteroatoms. The van der Waals surface area contributed by atoms with Gasteiger partial charge in [-0.25, -0.2) is 4.79 Å². The third kappa shape index (κ3) is 6.00. The number of anilines is 2. The third-order valence-corrected chi connectivity index (χ3v) is 8.50. The minimum atomic E-state index is -0.429. The first-order valence-corrected chi connectivity index (χ1v) is 14.2. The number of aryl methyl sites for hydroxylation is 1. The largest absolute Gasteiger partial charge is 0.491 e. The molecule has 0 radical (unpaired) electrons. The van der Waals surface area contributed by atoms with Gasteiger partial charge in [-0.05, 0) is 92.9 Å². The molecule has 2 amide bonds. The molecule has 3 aromatic rings. The maximum Gasteiger partial charge on any atom is 0.319 e. The fourth-order valence-corrected chi connectivity index (χ4v) is 6.45. The molecule has 37 heavy (non-hydrogen) atoms. The Morgan fingerprint density at radius 2 is 2.00 bits per heavy atom. The zero-order chi connectivity index (χ0) is 25.6. The Morgan fingerprint density at radius 3 is 2.86 bits per heavy atom. The number of para-hydroxylation sites is 1. The van der Waals surface area contributed by atoms with Gasteiger partial charge in [0.15, 0.2) is 0 Å². The van der Waals surface area contributed by atoms with E-state index in [1.165, 1.54) is 17.7 Å². The Bertz CT molecular complexity index is 1280. The van der Waals surface area contributed by atoms with Crippen LogP contribution in [0.15, 0.2) is 42.5 Å². The van der Waals surface area contributed by atoms with Gasteiger partial charge in [-0.1, -0.05) is 12.1 Å². The number of rotatable bonds is 7. The van der Waals surface area contributed by atoms with Crippen LogP contribution in [0, 0.1) is 11.3 Å². The lowest BCUT2D eigenvalue weighted by molar-refractivity contribution is 0.253. The van der Waals surface area contributed by atoms with Crippen molar-refractivity contribution in [3.8, 4) is 11.8 Å². The van der Waals surface area contributed by atoms with Gasteiger partial charge in [-0.2, -0.15) is 5.26 Å². The van der Waals surface area contributed by atoms with E-state index in [0.29, 0.717) is 12.1 Å². The predicted molar refractivity (Wildman–Crippen MR) is 151 cm³/mol. The Morgan fingerprint density at radius 1 is 1.08 bits per heavy atom. The van der Waals surface area contributed by atoms with Crippen molar-refractivity contribution in [3.63, 3.8) is 0 Å². The van der Waals surface area contributed by atoms with Crippen molar-refractivity contribution in [1.29, 1.82) is 5.26 Å². The van der Waals surface area contributed by atoms with Crippen molar-refractivity contribution < 1.29 is 9.53 Å². The molecular formula is C29H35N5O2S. The second-order valence-corrected chi connectivity index (χ2v) is 11.0. The van der Waals surface area contributed by atoms with Crippen molar-refractivity contribution in [2.24, 2.45) is 5.73 Å². The van der Waals surface area contributed by atoms with Gasteiger partial charge in [0.25, 0.3) is 0 Å². The van der Waals surface area contributed by atoms with Crippen LogP contribution in [0.2, 0.25) is 0 Å². The molecule has 0 unspecified atom stereocenters. The van der Waals surface area contributed by atoms with Crippen LogP contribution in [-0.2, 0) is 6.42 Å². The van der Waals surface area contributed by atoms with E-state index in [9.17, 15) is 4.79 Å². The highest BCUT2D eigenvalue weighted by Gasteiger charge is 2.21. The summed E-state index contributed by atoms with van der Waals surface area (Å²) in [7, 11) is 0. The molecular weight excluding hydrogens is 482 g/mol. The molecule has 7 nitrogen and oxygen atoms in total. The summed E-state index contributed by atoms with van der Waals surface area (Å²) in [5.41, 5.74) is 8.96. The van der Waals surface area contributed by atoms with Gasteiger partial charge in [-0.3, -0.25) is 4.90 Å². The van der Waals surface area contributed by atoms with E-state index in [1.54, 1.807) is 22.3 Å². The smallest absolute Gasteiger partial charge is 0.319 e. The Kier molecular flexibility index (Phi) is 8.12. The van der Waals surface area contributed by atoms with Crippen LogP contribution in [0.5, 0.6) is 5.75 Å². The predicted octanol–water partition coefficient (Wildman–Crippen LogP) is 5.37. The first kappa shape index (κ1) is 25.4. The van der Waals surface area contributed by atoms with Crippen LogP contribution in [-0.4, -0.2) is 56.8 Å².